The summed E-state index contributed by atoms with van der Waals surface area (Å²) in [5, 5.41) is 23.5. The van der Waals surface area contributed by atoms with Crippen molar-refractivity contribution in [3.8, 4) is 0 Å². The molecule has 3 fully saturated rings. The molecule has 70 heavy (non-hydrogen) atoms. The van der Waals surface area contributed by atoms with Crippen LogP contribution in [0.2, 0.25) is 0 Å². The summed E-state index contributed by atoms with van der Waals surface area (Å²) in [7, 11) is 4.54. The SMILES string of the molecule is CO[C@H]1C[C@@H]2CC[C@@H](C)[C@@](O)(O2)C(=O)C(=O)N2CCCC[C@H]2C(=O)O[C@H](C(C)C[C@@H]2CC[C@@H](OC(=O)C(C)C)[C@H](OC)C2)CC(=O)[C@H](C)/C=C(\C)[C@@H](O)[C@@H](OC)C(=O)[C@H](C)C[C@H](C)/C=C/C=CC=C1C. The van der Waals surface area contributed by atoms with E-state index < -0.39 is 83.9 Å². The number of aliphatic hydroxyl groups excluding tert-OH is 1. The molecule has 2 N–H and O–H groups in total. The van der Waals surface area contributed by atoms with Gasteiger partial charge in [-0.3, -0.25) is 24.0 Å². The first-order valence-corrected chi connectivity index (χ1v) is 25.8. The Bertz CT molecular complexity index is 1920. The number of nitrogens with zero attached hydrogens (tertiary/aromatic N) is 1. The van der Waals surface area contributed by atoms with Crippen LogP contribution >= 0.6 is 0 Å². The van der Waals surface area contributed by atoms with Crippen molar-refractivity contribution in [1.29, 1.82) is 0 Å². The summed E-state index contributed by atoms with van der Waals surface area (Å²) in [6.45, 7) is 16.3. The minimum atomic E-state index is -2.44. The van der Waals surface area contributed by atoms with Crippen molar-refractivity contribution in [2.75, 3.05) is 27.9 Å². The number of rotatable bonds is 8. The van der Waals surface area contributed by atoms with Gasteiger partial charge in [0.25, 0.3) is 11.7 Å². The van der Waals surface area contributed by atoms with Gasteiger partial charge in [0.2, 0.25) is 5.79 Å². The molecule has 3 aliphatic heterocycles. The minimum Gasteiger partial charge on any atom is -0.460 e. The first-order valence-electron chi connectivity index (χ1n) is 25.8. The largest absolute Gasteiger partial charge is 0.460 e. The summed E-state index contributed by atoms with van der Waals surface area (Å²) in [5.74, 6) is -8.75. The number of hydrogen-bond acceptors (Lipinski definition) is 14. The highest BCUT2D eigenvalue weighted by Gasteiger charge is 2.53. The van der Waals surface area contributed by atoms with Crippen molar-refractivity contribution in [1.82, 2.24) is 4.90 Å². The molecule has 15 atom stereocenters. The molecule has 1 saturated carbocycles. The average Bonchev–Trinajstić information content (AvgIpc) is 3.33. The van der Waals surface area contributed by atoms with Gasteiger partial charge in [-0.25, -0.2) is 4.79 Å². The summed E-state index contributed by atoms with van der Waals surface area (Å²) in [6.07, 6.45) is 11.1. The lowest BCUT2D eigenvalue weighted by molar-refractivity contribution is -0.265. The first-order chi connectivity index (χ1) is 33.1. The fraction of sp³-hybridized carbons (Fsp3) is 0.745. The number of amides is 1. The lowest BCUT2D eigenvalue weighted by Gasteiger charge is -2.42. The van der Waals surface area contributed by atoms with E-state index in [-0.39, 0.29) is 66.7 Å². The number of methoxy groups -OCH3 is 3. The van der Waals surface area contributed by atoms with Crippen LogP contribution in [0, 0.1) is 41.4 Å². The molecule has 15 nitrogen and oxygen atoms in total. The fourth-order valence-electron chi connectivity index (χ4n) is 10.5. The molecular weight excluding hydrogens is 899 g/mol. The molecule has 0 aromatic heterocycles. The molecule has 0 aromatic carbocycles. The molecule has 2 bridgehead atoms. The van der Waals surface area contributed by atoms with Crippen LogP contribution in [0.5, 0.6) is 0 Å². The van der Waals surface area contributed by atoms with E-state index in [1.165, 1.54) is 12.0 Å². The number of hydrogen-bond donors (Lipinski definition) is 2. The second-order valence-corrected chi connectivity index (χ2v) is 21.2. The maximum atomic E-state index is 14.5. The first kappa shape index (κ1) is 58.7. The third-order valence-corrected chi connectivity index (χ3v) is 15.2. The molecule has 4 aliphatic rings. The monoisotopic (exact) mass is 984 g/mol. The van der Waals surface area contributed by atoms with Crippen LogP contribution in [0.25, 0.3) is 0 Å². The van der Waals surface area contributed by atoms with Gasteiger partial charge in [0.15, 0.2) is 5.78 Å². The molecule has 0 aromatic rings. The van der Waals surface area contributed by atoms with Gasteiger partial charge >= 0.3 is 11.9 Å². The predicted octanol–water partition coefficient (Wildman–Crippen LogP) is 7.39. The number of ether oxygens (including phenoxy) is 6. The molecule has 2 saturated heterocycles. The normalized spacial score (nSPS) is 37.2. The highest BCUT2D eigenvalue weighted by Crippen LogP contribution is 2.38. The van der Waals surface area contributed by atoms with Gasteiger partial charge in [0.1, 0.15) is 36.2 Å². The zero-order chi connectivity index (χ0) is 52.0. The van der Waals surface area contributed by atoms with Crippen molar-refractivity contribution in [3.63, 3.8) is 0 Å². The minimum absolute atomic E-state index is 0.00980. The Morgan fingerprint density at radius 1 is 0.843 bits per heavy atom. The quantitative estimate of drug-likeness (QED) is 0.139. The lowest BCUT2D eigenvalue weighted by Crippen LogP contribution is -2.61. The lowest BCUT2D eigenvalue weighted by atomic mass is 9.78. The van der Waals surface area contributed by atoms with Crippen LogP contribution < -0.4 is 0 Å². The Morgan fingerprint density at radius 3 is 2.21 bits per heavy atom. The van der Waals surface area contributed by atoms with E-state index in [2.05, 4.69) is 0 Å². The number of carbonyl (C=O) groups excluding carboxylic acids is 6. The Morgan fingerprint density at radius 2 is 1.56 bits per heavy atom. The Balaban J connectivity index is 1.70. The van der Waals surface area contributed by atoms with E-state index in [1.54, 1.807) is 54.9 Å². The molecule has 1 amide bonds. The van der Waals surface area contributed by atoms with Crippen LogP contribution in [0.3, 0.4) is 0 Å². The van der Waals surface area contributed by atoms with Crippen molar-refractivity contribution in [2.24, 2.45) is 41.4 Å². The topological polar surface area (TPSA) is 201 Å². The van der Waals surface area contributed by atoms with Crippen LogP contribution in [-0.2, 0) is 57.2 Å². The second kappa shape index (κ2) is 27.3. The number of carbonyl (C=O) groups is 6. The van der Waals surface area contributed by atoms with E-state index in [1.807, 2.05) is 58.1 Å². The van der Waals surface area contributed by atoms with Gasteiger partial charge in [-0.2, -0.15) is 0 Å². The smallest absolute Gasteiger partial charge is 0.329 e. The summed E-state index contributed by atoms with van der Waals surface area (Å²) in [6, 6.07) is -1.16. The Kier molecular flexibility index (Phi) is 22.9. The van der Waals surface area contributed by atoms with Crippen molar-refractivity contribution < 1.29 is 67.4 Å². The molecule has 1 aliphatic carbocycles. The number of fused-ring (bicyclic) bond motifs is 3. The molecule has 0 spiro atoms. The number of Topliss-reactive ketones (excluding diaryl/α,β-unsaturated/α-hetero) is 3. The zero-order valence-electron chi connectivity index (χ0n) is 44.1. The highest BCUT2D eigenvalue weighted by atomic mass is 16.6. The second-order valence-electron chi connectivity index (χ2n) is 21.2. The van der Waals surface area contributed by atoms with Crippen molar-refractivity contribution in [3.05, 3.63) is 47.6 Å². The van der Waals surface area contributed by atoms with E-state index in [0.717, 1.165) is 5.57 Å². The van der Waals surface area contributed by atoms with Crippen LogP contribution in [0.1, 0.15) is 139 Å². The van der Waals surface area contributed by atoms with Gasteiger partial charge in [0, 0.05) is 58.5 Å². The van der Waals surface area contributed by atoms with Crippen molar-refractivity contribution in [2.45, 2.75) is 194 Å². The van der Waals surface area contributed by atoms with Crippen LogP contribution in [0.4, 0.5) is 0 Å². The molecule has 394 valence electrons. The van der Waals surface area contributed by atoms with E-state index in [9.17, 15) is 39.0 Å². The number of aliphatic hydroxyl groups is 2. The summed E-state index contributed by atoms with van der Waals surface area (Å²) in [5.41, 5.74) is 1.25. The summed E-state index contributed by atoms with van der Waals surface area (Å²) >= 11 is 0. The number of esters is 2. The summed E-state index contributed by atoms with van der Waals surface area (Å²) in [4.78, 5) is 84.8. The Labute approximate surface area is 417 Å². The summed E-state index contributed by atoms with van der Waals surface area (Å²) < 4.78 is 35.5. The maximum absolute atomic E-state index is 14.5. The zero-order valence-corrected chi connectivity index (χ0v) is 44.1. The number of cyclic esters (lactones) is 1. The van der Waals surface area contributed by atoms with Gasteiger partial charge < -0.3 is 43.5 Å². The third kappa shape index (κ3) is 15.6. The average molecular weight is 984 g/mol. The van der Waals surface area contributed by atoms with E-state index in [4.69, 9.17) is 28.4 Å². The van der Waals surface area contributed by atoms with Gasteiger partial charge in [-0.1, -0.05) is 84.9 Å². The molecule has 0 radical (unpaired) electrons. The molecular formula is C55H85NO14. The predicted molar refractivity (Wildman–Crippen MR) is 264 cm³/mol. The van der Waals surface area contributed by atoms with E-state index in [0.29, 0.717) is 69.8 Å². The van der Waals surface area contributed by atoms with Gasteiger partial charge in [-0.15, -0.1) is 0 Å². The standard InChI is InChI=1S/C55H85NO14/c1-32(2)53(62)68-44-24-22-40(29-47(44)66-11)28-36(6)46-31-43(57)35(5)27-38(8)49(59)50(67-12)48(58)37(7)26-33(3)18-14-13-15-19-34(4)45(65-10)30-41-23-21-39(9)55(64,70-41)51(60)52(61)56-25-17-16-20-42(56)54(63)69-46/h13-15,18-19,27,32-33,35-37,39-42,44-47,49-50,59,64H,16-17,20-26,28-31H2,1-12H3/b15-13?,18-14+,34-19?,38-27+/t33-,35-,36?,37-,39-,40+,41+,42+,44-,45+,46+,47-,49-,50+,55-/m1/s1. The molecule has 1 unspecified atom stereocenters. The number of allylic oxidation sites excluding steroid dienone is 6. The maximum Gasteiger partial charge on any atom is 0.329 e. The third-order valence-electron chi connectivity index (χ3n) is 15.2. The Hall–Kier alpha value is -3.86. The van der Waals surface area contributed by atoms with Gasteiger partial charge in [0.05, 0.1) is 24.2 Å². The van der Waals surface area contributed by atoms with E-state index >= 15 is 0 Å². The molecule has 15 heteroatoms. The van der Waals surface area contributed by atoms with Crippen molar-refractivity contribution >= 4 is 35.2 Å². The number of ketones is 3. The van der Waals surface area contributed by atoms with Gasteiger partial charge in [-0.05, 0) is 107 Å². The number of piperidine rings is 1. The van der Waals surface area contributed by atoms with Crippen LogP contribution in [0.15, 0.2) is 47.6 Å². The van der Waals surface area contributed by atoms with Crippen LogP contribution in [-0.4, -0.2) is 133 Å². The fourth-order valence-corrected chi connectivity index (χ4v) is 10.5. The highest BCUT2D eigenvalue weighted by molar-refractivity contribution is 6.39. The molecule has 4 rings (SSSR count). The molecule has 3 heterocycles.